The van der Waals surface area contributed by atoms with Gasteiger partial charge in [-0.2, -0.15) is 0 Å². The highest BCUT2D eigenvalue weighted by Gasteiger charge is 2.84. The molecule has 5 aliphatic carbocycles. The monoisotopic (exact) mass is 673 g/mol. The number of fused-ring (bicyclic) bond motifs is 4. The minimum absolute atomic E-state index is 0.000579. The average molecular weight is 674 g/mol. The Morgan fingerprint density at radius 3 is 2.40 bits per heavy atom. The highest BCUT2D eigenvalue weighted by Crippen LogP contribution is 2.89. The van der Waals surface area contributed by atoms with Gasteiger partial charge in [-0.1, -0.05) is 48.5 Å². The standard InChI is InChI=1S/C40H67NO7/c1-11-45-33(36(7,8)44)25-20-24(4)30-31(47-25)32(42)38(10)27-13-12-26-35(5,6)28(48-29-21-41(18-19-46-29)34(43)23(2)3)14-15-39(26)22-40(27,39)17-16-37(30,38)9/h23-33,42,44H,11-22H2,1-10H3/t24-,25-,26+,27+,28+,29+,30+,31+,32+,33+,37-,38-,39-,40+/m1/s1. The Morgan fingerprint density at radius 2 is 1.73 bits per heavy atom. The van der Waals surface area contributed by atoms with E-state index in [1.165, 1.54) is 25.7 Å². The van der Waals surface area contributed by atoms with E-state index in [4.69, 9.17) is 18.9 Å². The van der Waals surface area contributed by atoms with Gasteiger partial charge in [-0.25, -0.2) is 0 Å². The van der Waals surface area contributed by atoms with Crippen LogP contribution >= 0.6 is 0 Å². The molecule has 0 aromatic heterocycles. The molecule has 0 aromatic carbocycles. The van der Waals surface area contributed by atoms with Crippen LogP contribution in [0.3, 0.4) is 0 Å². The number of ether oxygens (including phenoxy) is 4. The van der Waals surface area contributed by atoms with Crippen molar-refractivity contribution < 1.29 is 34.0 Å². The molecule has 2 heterocycles. The molecule has 2 spiro atoms. The smallest absolute Gasteiger partial charge is 0.225 e. The van der Waals surface area contributed by atoms with Crippen LogP contribution in [0.4, 0.5) is 0 Å². The lowest BCUT2D eigenvalue weighted by atomic mass is 9.41. The SMILES string of the molecule is CCO[C@@H]([C@H]1C[C@@H](C)[C@H]2[C@H](O1)[C@H](O)[C@@]1(C)[C@@H]3CC[C@H]4C(C)(C)[C@@H](O[C@H]5CN(C(=O)C(C)C)CCO5)CC[C@@]45C[C@@]35CC[C@]21C)C(C)(C)O. The van der Waals surface area contributed by atoms with Gasteiger partial charge in [0, 0.05) is 24.5 Å². The van der Waals surface area contributed by atoms with E-state index >= 15 is 0 Å². The lowest BCUT2D eigenvalue weighted by Crippen LogP contribution is -2.60. The van der Waals surface area contributed by atoms with Crippen molar-refractivity contribution in [3.63, 3.8) is 0 Å². The first-order valence-corrected chi connectivity index (χ1v) is 19.6. The Morgan fingerprint density at radius 1 is 1.04 bits per heavy atom. The third-order valence-electron chi connectivity index (χ3n) is 16.3. The number of amides is 1. The molecule has 48 heavy (non-hydrogen) atoms. The summed E-state index contributed by atoms with van der Waals surface area (Å²) in [5.74, 6) is 1.87. The molecular formula is C40H67NO7. The number of carbonyl (C=O) groups is 1. The van der Waals surface area contributed by atoms with Gasteiger partial charge in [-0.15, -0.1) is 0 Å². The van der Waals surface area contributed by atoms with E-state index in [9.17, 15) is 15.0 Å². The van der Waals surface area contributed by atoms with Gasteiger partial charge in [0.15, 0.2) is 6.29 Å². The summed E-state index contributed by atoms with van der Waals surface area (Å²) in [5, 5.41) is 23.7. The van der Waals surface area contributed by atoms with E-state index < -0.39 is 17.8 Å². The van der Waals surface area contributed by atoms with Crippen LogP contribution in [0.25, 0.3) is 0 Å². The molecule has 1 amide bonds. The fourth-order valence-corrected chi connectivity index (χ4v) is 14.1. The van der Waals surface area contributed by atoms with Gasteiger partial charge in [-0.05, 0) is 117 Å². The second kappa shape index (κ2) is 11.6. The quantitative estimate of drug-likeness (QED) is 0.332. The van der Waals surface area contributed by atoms with Crippen molar-refractivity contribution in [1.29, 1.82) is 0 Å². The Labute approximate surface area is 290 Å². The van der Waals surface area contributed by atoms with E-state index in [-0.39, 0.29) is 58.1 Å². The maximum absolute atomic E-state index is 12.8. The summed E-state index contributed by atoms with van der Waals surface area (Å²) in [4.78, 5) is 14.7. The Bertz CT molecular complexity index is 1250. The molecule has 2 N–H and O–H groups in total. The molecular weight excluding hydrogens is 606 g/mol. The normalized spacial score (nSPS) is 50.1. The predicted octanol–water partition coefficient (Wildman–Crippen LogP) is 6.20. The fourth-order valence-electron chi connectivity index (χ4n) is 14.1. The molecule has 8 heteroatoms. The molecule has 7 aliphatic rings. The first kappa shape index (κ1) is 35.6. The number of aliphatic hydroxyl groups excluding tert-OH is 1. The molecule has 7 fully saturated rings. The number of hydrogen-bond acceptors (Lipinski definition) is 7. The van der Waals surface area contributed by atoms with Gasteiger partial charge in [0.2, 0.25) is 5.91 Å². The maximum atomic E-state index is 12.8. The molecule has 2 aliphatic heterocycles. The van der Waals surface area contributed by atoms with E-state index in [2.05, 4.69) is 34.6 Å². The van der Waals surface area contributed by atoms with Crippen LogP contribution in [-0.2, 0) is 23.7 Å². The molecule has 274 valence electrons. The Balaban J connectivity index is 1.11. The second-order valence-corrected chi connectivity index (χ2v) is 19.4. The van der Waals surface area contributed by atoms with Crippen LogP contribution in [0, 0.1) is 56.7 Å². The van der Waals surface area contributed by atoms with Crippen LogP contribution in [-0.4, -0.2) is 89.7 Å². The molecule has 0 bridgehead atoms. The minimum atomic E-state index is -1.02. The van der Waals surface area contributed by atoms with Gasteiger partial charge < -0.3 is 34.1 Å². The molecule has 0 radical (unpaired) electrons. The van der Waals surface area contributed by atoms with E-state index in [0.29, 0.717) is 55.4 Å². The highest BCUT2D eigenvalue weighted by molar-refractivity contribution is 5.78. The van der Waals surface area contributed by atoms with Crippen molar-refractivity contribution in [2.75, 3.05) is 26.3 Å². The lowest BCUT2D eigenvalue weighted by Gasteiger charge is -2.64. The first-order chi connectivity index (χ1) is 22.4. The molecule has 5 saturated carbocycles. The maximum Gasteiger partial charge on any atom is 0.225 e. The van der Waals surface area contributed by atoms with Gasteiger partial charge in [0.1, 0.15) is 6.10 Å². The third-order valence-corrected chi connectivity index (χ3v) is 16.3. The summed E-state index contributed by atoms with van der Waals surface area (Å²) in [7, 11) is 0. The van der Waals surface area contributed by atoms with E-state index in [1.807, 2.05) is 39.5 Å². The molecule has 2 saturated heterocycles. The zero-order valence-corrected chi connectivity index (χ0v) is 31.7. The molecule has 7 rings (SSSR count). The zero-order chi connectivity index (χ0) is 34.8. The largest absolute Gasteiger partial charge is 0.390 e. The first-order valence-electron chi connectivity index (χ1n) is 19.6. The lowest BCUT2D eigenvalue weighted by molar-refractivity contribution is -0.248. The van der Waals surface area contributed by atoms with E-state index in [0.717, 1.165) is 25.7 Å². The summed E-state index contributed by atoms with van der Waals surface area (Å²) in [6.45, 7) is 23.9. The van der Waals surface area contributed by atoms with Crippen LogP contribution in [0.2, 0.25) is 0 Å². The average Bonchev–Trinajstić information content (AvgIpc) is 3.65. The van der Waals surface area contributed by atoms with Crippen molar-refractivity contribution in [2.45, 2.75) is 163 Å². The van der Waals surface area contributed by atoms with Crippen molar-refractivity contribution in [3.05, 3.63) is 0 Å². The molecule has 14 atom stereocenters. The summed E-state index contributed by atoms with van der Waals surface area (Å²) in [6.07, 6.45) is 7.33. The number of aliphatic hydroxyl groups is 2. The minimum Gasteiger partial charge on any atom is -0.390 e. The van der Waals surface area contributed by atoms with Crippen molar-refractivity contribution in [2.24, 2.45) is 56.7 Å². The molecule has 8 nitrogen and oxygen atoms in total. The Hall–Kier alpha value is -0.770. The summed E-state index contributed by atoms with van der Waals surface area (Å²) < 4.78 is 26.0. The number of hydrogen-bond donors (Lipinski definition) is 2. The third kappa shape index (κ3) is 4.77. The van der Waals surface area contributed by atoms with Gasteiger partial charge in [0.05, 0.1) is 43.2 Å². The predicted molar refractivity (Wildman–Crippen MR) is 184 cm³/mol. The van der Waals surface area contributed by atoms with Crippen LogP contribution < -0.4 is 0 Å². The summed E-state index contributed by atoms with van der Waals surface area (Å²) >= 11 is 0. The van der Waals surface area contributed by atoms with Crippen molar-refractivity contribution >= 4 is 5.91 Å². The van der Waals surface area contributed by atoms with Crippen LogP contribution in [0.1, 0.15) is 121 Å². The second-order valence-electron chi connectivity index (χ2n) is 19.4. The molecule has 0 aromatic rings. The van der Waals surface area contributed by atoms with Gasteiger partial charge >= 0.3 is 0 Å². The number of carbonyl (C=O) groups excluding carboxylic acids is 1. The summed E-state index contributed by atoms with van der Waals surface area (Å²) in [6, 6.07) is 0. The van der Waals surface area contributed by atoms with Crippen molar-refractivity contribution in [3.8, 4) is 0 Å². The zero-order valence-electron chi connectivity index (χ0n) is 31.7. The van der Waals surface area contributed by atoms with E-state index in [1.54, 1.807) is 0 Å². The van der Waals surface area contributed by atoms with Crippen LogP contribution in [0.5, 0.6) is 0 Å². The highest BCUT2D eigenvalue weighted by atomic mass is 16.7. The number of nitrogens with zero attached hydrogens (tertiary/aromatic N) is 1. The Kier molecular flexibility index (Phi) is 8.62. The van der Waals surface area contributed by atoms with Gasteiger partial charge in [-0.3, -0.25) is 4.79 Å². The molecule has 0 unspecified atom stereocenters. The van der Waals surface area contributed by atoms with Crippen LogP contribution in [0.15, 0.2) is 0 Å². The number of rotatable bonds is 7. The van der Waals surface area contributed by atoms with Crippen molar-refractivity contribution in [1.82, 2.24) is 4.90 Å². The topological polar surface area (TPSA) is 97.7 Å². The fraction of sp³-hybridized carbons (Fsp3) is 0.975. The summed E-state index contributed by atoms with van der Waals surface area (Å²) in [5.41, 5.74) is -0.679. The van der Waals surface area contributed by atoms with Gasteiger partial charge in [0.25, 0.3) is 0 Å². The number of morpholine rings is 1.